The summed E-state index contributed by atoms with van der Waals surface area (Å²) in [6.07, 6.45) is 14.8. The van der Waals surface area contributed by atoms with E-state index in [1.807, 2.05) is 0 Å². The first kappa shape index (κ1) is 16.5. The second kappa shape index (κ2) is 15.5. The summed E-state index contributed by atoms with van der Waals surface area (Å²) in [4.78, 5) is 0. The van der Waals surface area contributed by atoms with Crippen molar-refractivity contribution >= 4 is 0 Å². The van der Waals surface area contributed by atoms with E-state index in [1.165, 1.54) is 57.8 Å². The third-order valence-electron chi connectivity index (χ3n) is 2.99. The van der Waals surface area contributed by atoms with Crippen LogP contribution in [0.15, 0.2) is 0 Å². The Labute approximate surface area is 108 Å². The fraction of sp³-hybridized carbons (Fsp3) is 0.875. The maximum absolute atomic E-state index is 8.63. The van der Waals surface area contributed by atoms with Crippen LogP contribution >= 0.6 is 0 Å². The van der Waals surface area contributed by atoms with Crippen LogP contribution < -0.4 is 0 Å². The predicted octanol–water partition coefficient (Wildman–Crippen LogP) is 4.68. The average Bonchev–Trinajstić information content (AvgIpc) is 2.35. The fourth-order valence-corrected chi connectivity index (χ4v) is 1.85. The molecule has 0 bridgehead atoms. The van der Waals surface area contributed by atoms with Gasteiger partial charge in [-0.1, -0.05) is 51.9 Å². The van der Waals surface area contributed by atoms with Gasteiger partial charge in [0.05, 0.1) is 0 Å². The van der Waals surface area contributed by atoms with Crippen LogP contribution in [0.1, 0.15) is 84.0 Å². The second-order valence-corrected chi connectivity index (χ2v) is 4.76. The SMILES string of the molecule is CCCCCC#CCCCCCCCCCO. The van der Waals surface area contributed by atoms with Crippen molar-refractivity contribution in [3.8, 4) is 11.8 Å². The minimum absolute atomic E-state index is 0.355. The molecule has 17 heavy (non-hydrogen) atoms. The molecule has 0 aromatic heterocycles. The van der Waals surface area contributed by atoms with Crippen molar-refractivity contribution in [1.82, 2.24) is 0 Å². The molecule has 1 N–H and O–H groups in total. The van der Waals surface area contributed by atoms with Gasteiger partial charge in [0.15, 0.2) is 0 Å². The molecule has 0 aliphatic rings. The highest BCUT2D eigenvalue weighted by molar-refractivity contribution is 4.98. The van der Waals surface area contributed by atoms with Gasteiger partial charge in [0.2, 0.25) is 0 Å². The molecule has 0 fully saturated rings. The zero-order chi connectivity index (χ0) is 12.6. The molecule has 1 nitrogen and oxygen atoms in total. The molecular formula is C16H30O. The van der Waals surface area contributed by atoms with Gasteiger partial charge in [-0.05, 0) is 19.3 Å². The maximum Gasteiger partial charge on any atom is 0.0431 e. The van der Waals surface area contributed by atoms with Gasteiger partial charge >= 0.3 is 0 Å². The summed E-state index contributed by atoms with van der Waals surface area (Å²) in [7, 11) is 0. The monoisotopic (exact) mass is 238 g/mol. The number of aliphatic hydroxyl groups excluding tert-OH is 1. The molecule has 0 aliphatic heterocycles. The van der Waals surface area contributed by atoms with Gasteiger partial charge in [-0.25, -0.2) is 0 Å². The Bertz CT molecular complexity index is 187. The third-order valence-corrected chi connectivity index (χ3v) is 2.99. The lowest BCUT2D eigenvalue weighted by Crippen LogP contribution is -1.84. The normalized spacial score (nSPS) is 10.0. The first-order valence-electron chi connectivity index (χ1n) is 7.48. The smallest absolute Gasteiger partial charge is 0.0431 e. The molecule has 0 aliphatic carbocycles. The minimum atomic E-state index is 0.355. The molecule has 0 aromatic carbocycles. The van der Waals surface area contributed by atoms with Gasteiger partial charge in [0.25, 0.3) is 0 Å². The van der Waals surface area contributed by atoms with Crippen molar-refractivity contribution in [2.24, 2.45) is 0 Å². The van der Waals surface area contributed by atoms with E-state index in [0.717, 1.165) is 19.3 Å². The van der Waals surface area contributed by atoms with Crippen molar-refractivity contribution in [2.45, 2.75) is 84.0 Å². The molecule has 100 valence electrons. The lowest BCUT2D eigenvalue weighted by Gasteiger charge is -1.98. The zero-order valence-corrected chi connectivity index (χ0v) is 11.6. The topological polar surface area (TPSA) is 20.2 Å². The number of unbranched alkanes of at least 4 members (excludes halogenated alkanes) is 10. The Morgan fingerprint density at radius 3 is 1.65 bits per heavy atom. The van der Waals surface area contributed by atoms with E-state index < -0.39 is 0 Å². The Balaban J connectivity index is 3.02. The highest BCUT2D eigenvalue weighted by Crippen LogP contribution is 2.08. The van der Waals surface area contributed by atoms with Crippen LogP contribution in [0.3, 0.4) is 0 Å². The molecule has 0 aromatic rings. The van der Waals surface area contributed by atoms with Crippen LogP contribution in [0, 0.1) is 11.8 Å². The minimum Gasteiger partial charge on any atom is -0.396 e. The highest BCUT2D eigenvalue weighted by Gasteiger charge is 1.90. The molecule has 0 saturated heterocycles. The zero-order valence-electron chi connectivity index (χ0n) is 11.6. The molecule has 0 unspecified atom stereocenters. The quantitative estimate of drug-likeness (QED) is 0.409. The van der Waals surface area contributed by atoms with Crippen LogP contribution in [0.25, 0.3) is 0 Å². The predicted molar refractivity (Wildman–Crippen MR) is 75.9 cm³/mol. The molecule has 0 radical (unpaired) electrons. The van der Waals surface area contributed by atoms with Crippen LogP contribution in [0.2, 0.25) is 0 Å². The Kier molecular flexibility index (Phi) is 15.1. The highest BCUT2D eigenvalue weighted by atomic mass is 16.2. The lowest BCUT2D eigenvalue weighted by molar-refractivity contribution is 0.282. The van der Waals surface area contributed by atoms with Crippen molar-refractivity contribution < 1.29 is 5.11 Å². The van der Waals surface area contributed by atoms with E-state index in [2.05, 4.69) is 18.8 Å². The van der Waals surface area contributed by atoms with Crippen molar-refractivity contribution in [3.63, 3.8) is 0 Å². The molecule has 0 heterocycles. The van der Waals surface area contributed by atoms with Crippen LogP contribution in [-0.2, 0) is 0 Å². The van der Waals surface area contributed by atoms with Crippen molar-refractivity contribution in [1.29, 1.82) is 0 Å². The molecule has 0 spiro atoms. The van der Waals surface area contributed by atoms with Crippen LogP contribution in [0.4, 0.5) is 0 Å². The molecule has 0 saturated carbocycles. The lowest BCUT2D eigenvalue weighted by atomic mass is 10.1. The molecule has 0 amide bonds. The van der Waals surface area contributed by atoms with E-state index >= 15 is 0 Å². The Morgan fingerprint density at radius 1 is 0.647 bits per heavy atom. The van der Waals surface area contributed by atoms with Gasteiger partial charge in [-0.15, -0.1) is 11.8 Å². The summed E-state index contributed by atoms with van der Waals surface area (Å²) in [6.45, 7) is 2.58. The van der Waals surface area contributed by atoms with Gasteiger partial charge in [-0.2, -0.15) is 0 Å². The first-order valence-corrected chi connectivity index (χ1v) is 7.48. The van der Waals surface area contributed by atoms with E-state index in [4.69, 9.17) is 5.11 Å². The van der Waals surface area contributed by atoms with Crippen molar-refractivity contribution in [3.05, 3.63) is 0 Å². The number of hydrogen-bond acceptors (Lipinski definition) is 1. The standard InChI is InChI=1S/C16H30O/c1-2-3-4-5-6-7-8-9-10-11-12-13-14-15-16-17/h17H,2-5,8-16H2,1H3. The molecule has 0 atom stereocenters. The summed E-state index contributed by atoms with van der Waals surface area (Å²) >= 11 is 0. The van der Waals surface area contributed by atoms with Gasteiger partial charge in [-0.3, -0.25) is 0 Å². The van der Waals surface area contributed by atoms with Crippen LogP contribution in [0.5, 0.6) is 0 Å². The van der Waals surface area contributed by atoms with Gasteiger partial charge in [0.1, 0.15) is 0 Å². The van der Waals surface area contributed by atoms with Gasteiger partial charge < -0.3 is 5.11 Å². The van der Waals surface area contributed by atoms with Gasteiger partial charge in [0, 0.05) is 19.4 Å². The van der Waals surface area contributed by atoms with E-state index in [-0.39, 0.29) is 0 Å². The van der Waals surface area contributed by atoms with E-state index in [1.54, 1.807) is 0 Å². The summed E-state index contributed by atoms with van der Waals surface area (Å²) in [6, 6.07) is 0. The summed E-state index contributed by atoms with van der Waals surface area (Å²) in [5.41, 5.74) is 0. The second-order valence-electron chi connectivity index (χ2n) is 4.76. The largest absolute Gasteiger partial charge is 0.396 e. The maximum atomic E-state index is 8.63. The molecule has 0 rings (SSSR count). The summed E-state index contributed by atoms with van der Waals surface area (Å²) < 4.78 is 0. The van der Waals surface area contributed by atoms with E-state index in [0.29, 0.717) is 6.61 Å². The number of aliphatic hydroxyl groups is 1. The Morgan fingerprint density at radius 2 is 1.12 bits per heavy atom. The fourth-order valence-electron chi connectivity index (χ4n) is 1.85. The Hall–Kier alpha value is -0.480. The molecule has 1 heteroatoms. The third kappa shape index (κ3) is 15.5. The van der Waals surface area contributed by atoms with Crippen LogP contribution in [-0.4, -0.2) is 11.7 Å². The number of hydrogen-bond donors (Lipinski definition) is 1. The average molecular weight is 238 g/mol. The summed E-state index contributed by atoms with van der Waals surface area (Å²) in [5.74, 6) is 6.53. The van der Waals surface area contributed by atoms with Crippen molar-refractivity contribution in [2.75, 3.05) is 6.61 Å². The number of rotatable bonds is 11. The van der Waals surface area contributed by atoms with E-state index in [9.17, 15) is 0 Å². The first-order chi connectivity index (χ1) is 8.41. The molecular weight excluding hydrogens is 208 g/mol. The summed E-state index contributed by atoms with van der Waals surface area (Å²) in [5, 5.41) is 8.63.